The summed E-state index contributed by atoms with van der Waals surface area (Å²) in [6, 6.07) is 2.06. The molecule has 0 unspecified atom stereocenters. The SMILES string of the molecule is Cc1cnc(N(C)C(C)(C)CCl)c(Br)c1. The second-order valence-electron chi connectivity index (χ2n) is 4.32. The third-order valence-corrected chi connectivity index (χ3v) is 3.75. The van der Waals surface area contributed by atoms with Crippen molar-refractivity contribution >= 4 is 33.3 Å². The van der Waals surface area contributed by atoms with E-state index in [9.17, 15) is 0 Å². The minimum Gasteiger partial charge on any atom is -0.352 e. The summed E-state index contributed by atoms with van der Waals surface area (Å²) in [5, 5.41) is 0. The number of nitrogens with zero attached hydrogens (tertiary/aromatic N) is 2. The quantitative estimate of drug-likeness (QED) is 0.791. The van der Waals surface area contributed by atoms with Crippen LogP contribution in [0.5, 0.6) is 0 Å². The van der Waals surface area contributed by atoms with Crippen LogP contribution in [0, 0.1) is 6.92 Å². The number of pyridine rings is 1. The van der Waals surface area contributed by atoms with Crippen molar-refractivity contribution in [2.45, 2.75) is 26.3 Å². The first kappa shape index (κ1) is 12.8. The van der Waals surface area contributed by atoms with Crippen LogP contribution in [0.25, 0.3) is 0 Å². The molecule has 0 fully saturated rings. The Kier molecular flexibility index (Phi) is 4.01. The number of hydrogen-bond donors (Lipinski definition) is 0. The molecule has 0 bridgehead atoms. The number of aromatic nitrogens is 1. The van der Waals surface area contributed by atoms with Crippen LogP contribution in [0.2, 0.25) is 0 Å². The minimum atomic E-state index is -0.105. The lowest BCUT2D eigenvalue weighted by molar-refractivity contribution is 0.539. The second-order valence-corrected chi connectivity index (χ2v) is 5.44. The largest absolute Gasteiger partial charge is 0.352 e. The summed E-state index contributed by atoms with van der Waals surface area (Å²) in [5.41, 5.74) is 1.04. The van der Waals surface area contributed by atoms with E-state index in [1.807, 2.05) is 20.2 Å². The molecule has 0 aromatic carbocycles. The van der Waals surface area contributed by atoms with Gasteiger partial charge in [-0.15, -0.1) is 11.6 Å². The van der Waals surface area contributed by atoms with Crippen molar-refractivity contribution in [2.24, 2.45) is 0 Å². The van der Waals surface area contributed by atoms with Gasteiger partial charge in [-0.05, 0) is 48.3 Å². The maximum Gasteiger partial charge on any atom is 0.143 e. The molecule has 0 spiro atoms. The van der Waals surface area contributed by atoms with E-state index in [2.05, 4.69) is 45.7 Å². The fourth-order valence-corrected chi connectivity index (χ4v) is 2.06. The molecule has 0 aliphatic heterocycles. The summed E-state index contributed by atoms with van der Waals surface area (Å²) in [4.78, 5) is 6.50. The number of alkyl halides is 1. The highest BCUT2D eigenvalue weighted by Crippen LogP contribution is 2.28. The average Bonchev–Trinajstić information content (AvgIpc) is 2.17. The van der Waals surface area contributed by atoms with Crippen molar-refractivity contribution in [1.82, 2.24) is 4.98 Å². The smallest absolute Gasteiger partial charge is 0.143 e. The topological polar surface area (TPSA) is 16.1 Å². The van der Waals surface area contributed by atoms with Gasteiger partial charge in [0, 0.05) is 24.7 Å². The van der Waals surface area contributed by atoms with Crippen molar-refractivity contribution in [3.63, 3.8) is 0 Å². The summed E-state index contributed by atoms with van der Waals surface area (Å²) in [6.07, 6.45) is 1.86. The first-order chi connectivity index (χ1) is 6.88. The van der Waals surface area contributed by atoms with Crippen LogP contribution >= 0.6 is 27.5 Å². The van der Waals surface area contributed by atoms with Crippen molar-refractivity contribution in [1.29, 1.82) is 0 Å². The summed E-state index contributed by atoms with van der Waals surface area (Å²) >= 11 is 9.46. The summed E-state index contributed by atoms with van der Waals surface area (Å²) in [5.74, 6) is 1.48. The van der Waals surface area contributed by atoms with Gasteiger partial charge in [0.25, 0.3) is 0 Å². The Morgan fingerprint density at radius 2 is 2.13 bits per heavy atom. The lowest BCUT2D eigenvalue weighted by Crippen LogP contribution is -2.43. The molecule has 0 N–H and O–H groups in total. The third kappa shape index (κ3) is 2.85. The normalized spacial score (nSPS) is 11.6. The molecule has 0 saturated carbocycles. The second kappa shape index (κ2) is 4.71. The maximum absolute atomic E-state index is 5.94. The molecule has 2 nitrogen and oxygen atoms in total. The Hall–Kier alpha value is -0.280. The molecule has 1 heterocycles. The van der Waals surface area contributed by atoms with Crippen LogP contribution in [-0.2, 0) is 0 Å². The van der Waals surface area contributed by atoms with Gasteiger partial charge in [-0.2, -0.15) is 0 Å². The summed E-state index contributed by atoms with van der Waals surface area (Å²) in [7, 11) is 2.00. The van der Waals surface area contributed by atoms with Crippen molar-refractivity contribution in [3.8, 4) is 0 Å². The number of anilines is 1. The zero-order valence-electron chi connectivity index (χ0n) is 9.51. The van der Waals surface area contributed by atoms with Crippen LogP contribution in [0.1, 0.15) is 19.4 Å². The number of hydrogen-bond acceptors (Lipinski definition) is 2. The highest BCUT2D eigenvalue weighted by Gasteiger charge is 2.24. The van der Waals surface area contributed by atoms with E-state index in [1.165, 1.54) is 0 Å². The fourth-order valence-electron chi connectivity index (χ4n) is 1.15. The van der Waals surface area contributed by atoms with Gasteiger partial charge in [0.1, 0.15) is 5.82 Å². The van der Waals surface area contributed by atoms with Crippen molar-refractivity contribution in [2.75, 3.05) is 17.8 Å². The van der Waals surface area contributed by atoms with Crippen LogP contribution in [-0.4, -0.2) is 23.5 Å². The number of halogens is 2. The molecular formula is C11H16BrClN2. The monoisotopic (exact) mass is 290 g/mol. The van der Waals surface area contributed by atoms with Gasteiger partial charge in [-0.1, -0.05) is 0 Å². The summed E-state index contributed by atoms with van der Waals surface area (Å²) in [6.45, 7) is 6.20. The van der Waals surface area contributed by atoms with Crippen molar-refractivity contribution in [3.05, 3.63) is 22.3 Å². The van der Waals surface area contributed by atoms with Crippen LogP contribution < -0.4 is 4.90 Å². The van der Waals surface area contributed by atoms with Gasteiger partial charge in [0.15, 0.2) is 0 Å². The lowest BCUT2D eigenvalue weighted by Gasteiger charge is -2.35. The van der Waals surface area contributed by atoms with Crippen LogP contribution in [0.15, 0.2) is 16.7 Å². The molecule has 84 valence electrons. The van der Waals surface area contributed by atoms with E-state index in [-0.39, 0.29) is 5.54 Å². The zero-order valence-corrected chi connectivity index (χ0v) is 11.9. The molecule has 1 aromatic heterocycles. The molecule has 0 amide bonds. The zero-order chi connectivity index (χ0) is 11.6. The molecule has 4 heteroatoms. The predicted molar refractivity (Wildman–Crippen MR) is 69.9 cm³/mol. The highest BCUT2D eigenvalue weighted by molar-refractivity contribution is 9.10. The molecular weight excluding hydrogens is 275 g/mol. The molecule has 0 saturated heterocycles. The standard InChI is InChI=1S/C11H16BrClN2/c1-8-5-9(12)10(14-6-8)15(4)11(2,3)7-13/h5-6H,7H2,1-4H3. The van der Waals surface area contributed by atoms with E-state index >= 15 is 0 Å². The fraction of sp³-hybridized carbons (Fsp3) is 0.545. The van der Waals surface area contributed by atoms with Gasteiger partial charge in [0.05, 0.1) is 4.47 Å². The highest BCUT2D eigenvalue weighted by atomic mass is 79.9. The Morgan fingerprint density at radius 3 is 2.60 bits per heavy atom. The van der Waals surface area contributed by atoms with Crippen molar-refractivity contribution < 1.29 is 0 Å². The van der Waals surface area contributed by atoms with Crippen LogP contribution in [0.4, 0.5) is 5.82 Å². The molecule has 0 aliphatic carbocycles. The predicted octanol–water partition coefficient (Wildman–Crippen LogP) is 3.61. The van der Waals surface area contributed by atoms with Gasteiger partial charge in [-0.3, -0.25) is 0 Å². The van der Waals surface area contributed by atoms with Gasteiger partial charge >= 0.3 is 0 Å². The van der Waals surface area contributed by atoms with Gasteiger partial charge in [-0.25, -0.2) is 4.98 Å². The Labute approximate surface area is 105 Å². The molecule has 15 heavy (non-hydrogen) atoms. The Bertz CT molecular complexity index is 352. The first-order valence-corrected chi connectivity index (χ1v) is 6.13. The van der Waals surface area contributed by atoms with E-state index in [0.717, 1.165) is 15.9 Å². The van der Waals surface area contributed by atoms with E-state index in [1.54, 1.807) is 0 Å². The molecule has 1 rings (SSSR count). The first-order valence-electron chi connectivity index (χ1n) is 4.80. The van der Waals surface area contributed by atoms with E-state index in [0.29, 0.717) is 5.88 Å². The molecule has 1 aromatic rings. The van der Waals surface area contributed by atoms with Gasteiger partial charge < -0.3 is 4.90 Å². The van der Waals surface area contributed by atoms with E-state index < -0.39 is 0 Å². The Morgan fingerprint density at radius 1 is 1.53 bits per heavy atom. The minimum absolute atomic E-state index is 0.105. The average molecular weight is 292 g/mol. The van der Waals surface area contributed by atoms with Crippen LogP contribution in [0.3, 0.4) is 0 Å². The molecule has 0 atom stereocenters. The maximum atomic E-state index is 5.94. The van der Waals surface area contributed by atoms with E-state index in [4.69, 9.17) is 11.6 Å². The molecule has 0 aliphatic rings. The van der Waals surface area contributed by atoms with Gasteiger partial charge in [0.2, 0.25) is 0 Å². The number of rotatable bonds is 3. The molecule has 0 radical (unpaired) electrons. The third-order valence-electron chi connectivity index (χ3n) is 2.51. The summed E-state index contributed by atoms with van der Waals surface area (Å²) < 4.78 is 1.00. The lowest BCUT2D eigenvalue weighted by atomic mass is 10.1. The Balaban J connectivity index is 3.06. The number of aryl methyl sites for hydroxylation is 1.